The van der Waals surface area contributed by atoms with E-state index in [0.717, 1.165) is 17.6 Å². The molecule has 0 aromatic heterocycles. The highest BCUT2D eigenvalue weighted by atomic mass is 16.5. The summed E-state index contributed by atoms with van der Waals surface area (Å²) in [6, 6.07) is 7.49. The molecule has 0 atom stereocenters. The molecule has 0 aliphatic rings. The summed E-state index contributed by atoms with van der Waals surface area (Å²) in [4.78, 5) is 10.2. The molecule has 0 amide bonds. The number of hydrogen-bond acceptors (Lipinski definition) is 2. The third kappa shape index (κ3) is 3.70. The van der Waals surface area contributed by atoms with Crippen molar-refractivity contribution in [2.45, 2.75) is 6.42 Å². The van der Waals surface area contributed by atoms with Gasteiger partial charge in [-0.25, -0.2) is 0 Å². The molecule has 0 aliphatic carbocycles. The van der Waals surface area contributed by atoms with E-state index in [1.165, 1.54) is 6.08 Å². The van der Waals surface area contributed by atoms with Crippen molar-refractivity contribution >= 4 is 12.4 Å². The zero-order chi connectivity index (χ0) is 10.9. The Kier molecular flexibility index (Phi) is 4.75. The summed E-state index contributed by atoms with van der Waals surface area (Å²) in [5.74, 6) is 3.24. The van der Waals surface area contributed by atoms with E-state index in [-0.39, 0.29) is 0 Å². The second kappa shape index (κ2) is 6.44. The monoisotopic (exact) mass is 200 g/mol. The maximum Gasteiger partial charge on any atom is 0.142 e. The van der Waals surface area contributed by atoms with Crippen LogP contribution in [0, 0.1) is 12.3 Å². The first-order valence-corrected chi connectivity index (χ1v) is 4.65. The summed E-state index contributed by atoms with van der Waals surface area (Å²) in [6.07, 6.45) is 9.57. The summed E-state index contributed by atoms with van der Waals surface area (Å²) in [5, 5.41) is 0. The number of terminal acetylenes is 1. The van der Waals surface area contributed by atoms with Crippen LogP contribution in [0.1, 0.15) is 12.0 Å². The second-order valence-electron chi connectivity index (χ2n) is 2.84. The lowest BCUT2D eigenvalue weighted by atomic mass is 10.2. The molecule has 0 bridgehead atoms. The van der Waals surface area contributed by atoms with Gasteiger partial charge in [0.25, 0.3) is 0 Å². The fourth-order valence-corrected chi connectivity index (χ4v) is 1.11. The fourth-order valence-electron chi connectivity index (χ4n) is 1.11. The van der Waals surface area contributed by atoms with Crippen molar-refractivity contribution in [3.8, 4) is 18.1 Å². The van der Waals surface area contributed by atoms with Gasteiger partial charge in [0.05, 0.1) is 6.61 Å². The molecule has 15 heavy (non-hydrogen) atoms. The third-order valence-electron chi connectivity index (χ3n) is 1.78. The Balaban J connectivity index is 2.73. The first-order valence-electron chi connectivity index (χ1n) is 4.65. The quantitative estimate of drug-likeness (QED) is 0.315. The van der Waals surface area contributed by atoms with Crippen LogP contribution in [0.25, 0.3) is 6.08 Å². The lowest BCUT2D eigenvalue weighted by Gasteiger charge is -2.06. The molecular formula is C13H12O2. The Hall–Kier alpha value is -2.01. The zero-order valence-corrected chi connectivity index (χ0v) is 8.35. The number of ether oxygens (including phenoxy) is 1. The van der Waals surface area contributed by atoms with Gasteiger partial charge in [0.15, 0.2) is 0 Å². The third-order valence-corrected chi connectivity index (χ3v) is 1.78. The molecule has 1 aromatic rings. The summed E-state index contributed by atoms with van der Waals surface area (Å²) >= 11 is 0. The summed E-state index contributed by atoms with van der Waals surface area (Å²) in [5.41, 5.74) is 0.877. The molecule has 0 radical (unpaired) electrons. The van der Waals surface area contributed by atoms with E-state index in [1.807, 2.05) is 24.3 Å². The number of benzene rings is 1. The number of hydrogen-bond donors (Lipinski definition) is 0. The molecule has 1 aromatic carbocycles. The number of para-hydroxylation sites is 1. The number of aldehydes is 1. The molecule has 0 fully saturated rings. The van der Waals surface area contributed by atoms with E-state index in [4.69, 9.17) is 11.2 Å². The first kappa shape index (κ1) is 11.1. The average Bonchev–Trinajstić information content (AvgIpc) is 2.28. The van der Waals surface area contributed by atoms with Crippen LogP contribution in [0.5, 0.6) is 5.75 Å². The van der Waals surface area contributed by atoms with Gasteiger partial charge in [0.1, 0.15) is 12.0 Å². The van der Waals surface area contributed by atoms with Crippen molar-refractivity contribution in [2.75, 3.05) is 6.61 Å². The molecule has 0 aliphatic heterocycles. The highest BCUT2D eigenvalue weighted by Gasteiger charge is 1.97. The lowest BCUT2D eigenvalue weighted by molar-refractivity contribution is -0.104. The van der Waals surface area contributed by atoms with Crippen LogP contribution in [-0.2, 0) is 4.79 Å². The number of carbonyl (C=O) groups is 1. The number of allylic oxidation sites excluding steroid dienone is 1. The van der Waals surface area contributed by atoms with Crippen molar-refractivity contribution in [3.05, 3.63) is 35.9 Å². The molecule has 1 rings (SSSR count). The first-order chi connectivity index (χ1) is 7.38. The standard InChI is InChI=1S/C13H12O2/c1-2-3-11-15-13-9-5-4-7-12(13)8-6-10-14/h1,4-10H,3,11H2/b8-6+. The topological polar surface area (TPSA) is 26.3 Å². The summed E-state index contributed by atoms with van der Waals surface area (Å²) < 4.78 is 5.46. The highest BCUT2D eigenvalue weighted by molar-refractivity contribution is 5.75. The minimum atomic E-state index is 0.489. The number of rotatable bonds is 5. The molecule has 2 heteroatoms. The van der Waals surface area contributed by atoms with Gasteiger partial charge in [0.2, 0.25) is 0 Å². The van der Waals surface area contributed by atoms with Crippen LogP contribution in [-0.4, -0.2) is 12.9 Å². The minimum absolute atomic E-state index is 0.489. The van der Waals surface area contributed by atoms with Crippen molar-refractivity contribution in [3.63, 3.8) is 0 Å². The van der Waals surface area contributed by atoms with Gasteiger partial charge in [0, 0.05) is 12.0 Å². The Labute approximate surface area is 89.6 Å². The minimum Gasteiger partial charge on any atom is -0.492 e. The van der Waals surface area contributed by atoms with Crippen LogP contribution >= 0.6 is 0 Å². The van der Waals surface area contributed by atoms with Crippen LogP contribution in [0.15, 0.2) is 30.3 Å². The lowest BCUT2D eigenvalue weighted by Crippen LogP contribution is -1.97. The van der Waals surface area contributed by atoms with Crippen LogP contribution in [0.4, 0.5) is 0 Å². The molecule has 0 spiro atoms. The molecule has 2 nitrogen and oxygen atoms in total. The Bertz CT molecular complexity index is 386. The molecule has 76 valence electrons. The van der Waals surface area contributed by atoms with Gasteiger partial charge >= 0.3 is 0 Å². The predicted molar refractivity (Wildman–Crippen MR) is 60.5 cm³/mol. The normalized spacial score (nSPS) is 9.80. The number of carbonyl (C=O) groups excluding carboxylic acids is 1. The van der Waals surface area contributed by atoms with Gasteiger partial charge < -0.3 is 4.74 Å². The average molecular weight is 200 g/mol. The van der Waals surface area contributed by atoms with E-state index >= 15 is 0 Å². The summed E-state index contributed by atoms with van der Waals surface area (Å²) in [7, 11) is 0. The van der Waals surface area contributed by atoms with Gasteiger partial charge in [-0.05, 0) is 18.2 Å². The predicted octanol–water partition coefficient (Wildman–Crippen LogP) is 2.30. The van der Waals surface area contributed by atoms with Crippen LogP contribution in [0.2, 0.25) is 0 Å². The Morgan fingerprint density at radius 3 is 2.93 bits per heavy atom. The van der Waals surface area contributed by atoms with E-state index < -0.39 is 0 Å². The zero-order valence-electron chi connectivity index (χ0n) is 8.35. The second-order valence-corrected chi connectivity index (χ2v) is 2.84. The van der Waals surface area contributed by atoms with Crippen molar-refractivity contribution in [2.24, 2.45) is 0 Å². The van der Waals surface area contributed by atoms with Gasteiger partial charge in [-0.1, -0.05) is 18.2 Å². The fraction of sp³-hybridized carbons (Fsp3) is 0.154. The van der Waals surface area contributed by atoms with Crippen LogP contribution in [0.3, 0.4) is 0 Å². The molecule has 0 heterocycles. The molecular weight excluding hydrogens is 188 g/mol. The van der Waals surface area contributed by atoms with E-state index in [0.29, 0.717) is 13.0 Å². The SMILES string of the molecule is C#CCCOc1ccccc1/C=C/C=O. The Morgan fingerprint density at radius 1 is 1.40 bits per heavy atom. The van der Waals surface area contributed by atoms with Crippen molar-refractivity contribution in [1.82, 2.24) is 0 Å². The molecule has 0 saturated heterocycles. The van der Waals surface area contributed by atoms with E-state index in [2.05, 4.69) is 5.92 Å². The Morgan fingerprint density at radius 2 is 2.20 bits per heavy atom. The highest BCUT2D eigenvalue weighted by Crippen LogP contribution is 2.19. The maximum atomic E-state index is 10.2. The van der Waals surface area contributed by atoms with Gasteiger partial charge in [-0.15, -0.1) is 12.3 Å². The van der Waals surface area contributed by atoms with Crippen molar-refractivity contribution < 1.29 is 9.53 Å². The summed E-state index contributed by atoms with van der Waals surface area (Å²) in [6.45, 7) is 0.489. The molecule has 0 saturated carbocycles. The van der Waals surface area contributed by atoms with E-state index in [9.17, 15) is 4.79 Å². The van der Waals surface area contributed by atoms with Crippen molar-refractivity contribution in [1.29, 1.82) is 0 Å². The smallest absolute Gasteiger partial charge is 0.142 e. The van der Waals surface area contributed by atoms with Gasteiger partial charge in [-0.2, -0.15) is 0 Å². The maximum absolute atomic E-state index is 10.2. The van der Waals surface area contributed by atoms with Crippen LogP contribution < -0.4 is 4.74 Å². The van der Waals surface area contributed by atoms with E-state index in [1.54, 1.807) is 6.08 Å². The van der Waals surface area contributed by atoms with Gasteiger partial charge in [-0.3, -0.25) is 4.79 Å². The largest absolute Gasteiger partial charge is 0.492 e. The molecule has 0 N–H and O–H groups in total. The molecule has 0 unspecified atom stereocenters.